The van der Waals surface area contributed by atoms with Gasteiger partial charge in [0.05, 0.1) is 0 Å². The zero-order chi connectivity index (χ0) is 11.5. The lowest BCUT2D eigenvalue weighted by Crippen LogP contribution is -2.19. The van der Waals surface area contributed by atoms with Crippen molar-refractivity contribution in [2.45, 2.75) is 70.6 Å². The third-order valence-electron chi connectivity index (χ3n) is 3.39. The van der Waals surface area contributed by atoms with Crippen molar-refractivity contribution in [3.05, 3.63) is 0 Å². The third kappa shape index (κ3) is 7.86. The van der Waals surface area contributed by atoms with Crippen molar-refractivity contribution in [3.8, 4) is 0 Å². The van der Waals surface area contributed by atoms with Gasteiger partial charge in [0.25, 0.3) is 0 Å². The maximum absolute atomic E-state index is 11.5. The van der Waals surface area contributed by atoms with Crippen LogP contribution in [0.5, 0.6) is 0 Å². The van der Waals surface area contributed by atoms with Gasteiger partial charge in [-0.25, -0.2) is 0 Å². The molecule has 1 heterocycles. The molecule has 1 N–H and O–H groups in total. The molecule has 0 aromatic rings. The summed E-state index contributed by atoms with van der Waals surface area (Å²) in [5, 5.41) is 3.36. The van der Waals surface area contributed by atoms with Crippen LogP contribution < -0.4 is 5.32 Å². The topological polar surface area (TPSA) is 29.1 Å². The summed E-state index contributed by atoms with van der Waals surface area (Å²) in [5.74, 6) is 0.447. The Hall–Kier alpha value is -0.370. The van der Waals surface area contributed by atoms with Gasteiger partial charge in [-0.15, -0.1) is 0 Å². The first-order chi connectivity index (χ1) is 7.89. The van der Waals surface area contributed by atoms with Crippen LogP contribution in [0.15, 0.2) is 0 Å². The predicted octanol–water partition coefficient (Wildman–Crippen LogP) is 3.45. The molecule has 0 unspecified atom stereocenters. The first-order valence-corrected chi connectivity index (χ1v) is 7.12. The molecule has 0 spiro atoms. The molecule has 1 rings (SSSR count). The molecular formula is C14H27NO. The number of carbonyl (C=O) groups is 1. The van der Waals surface area contributed by atoms with Crippen molar-refractivity contribution in [3.63, 3.8) is 0 Å². The molecule has 0 saturated carbocycles. The largest absolute Gasteiger partial charge is 0.316 e. The van der Waals surface area contributed by atoms with E-state index >= 15 is 0 Å². The number of ketones is 1. The molecule has 1 saturated heterocycles. The first kappa shape index (κ1) is 13.7. The second-order valence-electron chi connectivity index (χ2n) is 4.97. The number of carbonyl (C=O) groups excluding carboxylic acids is 1. The Labute approximate surface area is 100 Å². The molecule has 94 valence electrons. The van der Waals surface area contributed by atoms with E-state index < -0.39 is 0 Å². The molecule has 0 atom stereocenters. The minimum absolute atomic E-state index is 0.447. The second-order valence-corrected chi connectivity index (χ2v) is 4.97. The van der Waals surface area contributed by atoms with Crippen LogP contribution in [0, 0.1) is 0 Å². The summed E-state index contributed by atoms with van der Waals surface area (Å²) in [7, 11) is 0. The summed E-state index contributed by atoms with van der Waals surface area (Å²) in [6.45, 7) is 1.98. The van der Waals surface area contributed by atoms with Crippen molar-refractivity contribution in [1.29, 1.82) is 0 Å². The van der Waals surface area contributed by atoms with Gasteiger partial charge < -0.3 is 5.32 Å². The summed E-state index contributed by atoms with van der Waals surface area (Å²) in [6, 6.07) is 0. The minimum atomic E-state index is 0.447. The lowest BCUT2D eigenvalue weighted by atomic mass is 10.1. The van der Waals surface area contributed by atoms with Crippen molar-refractivity contribution in [2.24, 2.45) is 0 Å². The highest BCUT2D eigenvalue weighted by Crippen LogP contribution is 2.11. The Balaban J connectivity index is 2.13. The van der Waals surface area contributed by atoms with E-state index in [0.717, 1.165) is 32.4 Å². The minimum Gasteiger partial charge on any atom is -0.316 e. The van der Waals surface area contributed by atoms with Crippen LogP contribution in [0.3, 0.4) is 0 Å². The van der Waals surface area contributed by atoms with E-state index in [4.69, 9.17) is 0 Å². The molecule has 0 aliphatic carbocycles. The summed E-state index contributed by atoms with van der Waals surface area (Å²) in [6.07, 6.45) is 13.4. The normalized spacial score (nSPS) is 23.4. The van der Waals surface area contributed by atoms with Crippen LogP contribution in [0.1, 0.15) is 70.6 Å². The zero-order valence-corrected chi connectivity index (χ0v) is 10.6. The standard InChI is InChI=1S/C14H27NO/c16-14-10-8-6-4-2-1-3-5-7-9-12-15-13-11-14/h15H,1-13H2. The van der Waals surface area contributed by atoms with Gasteiger partial charge in [0.15, 0.2) is 0 Å². The second kappa shape index (κ2) is 9.83. The Morgan fingerprint density at radius 2 is 1.19 bits per heavy atom. The number of nitrogens with one attached hydrogen (secondary N) is 1. The van der Waals surface area contributed by atoms with Crippen molar-refractivity contribution in [2.75, 3.05) is 13.1 Å². The number of rotatable bonds is 0. The lowest BCUT2D eigenvalue weighted by Gasteiger charge is -2.03. The fraction of sp³-hybridized carbons (Fsp3) is 0.929. The molecule has 0 aromatic carbocycles. The van der Waals surface area contributed by atoms with E-state index in [0.29, 0.717) is 5.78 Å². The van der Waals surface area contributed by atoms with E-state index in [1.807, 2.05) is 0 Å². The van der Waals surface area contributed by atoms with Gasteiger partial charge in [-0.1, -0.05) is 44.9 Å². The maximum atomic E-state index is 11.5. The van der Waals surface area contributed by atoms with Crippen molar-refractivity contribution in [1.82, 2.24) is 5.32 Å². The van der Waals surface area contributed by atoms with Gasteiger partial charge >= 0.3 is 0 Å². The first-order valence-electron chi connectivity index (χ1n) is 7.12. The van der Waals surface area contributed by atoms with Crippen LogP contribution >= 0.6 is 0 Å². The van der Waals surface area contributed by atoms with E-state index in [2.05, 4.69) is 5.32 Å². The molecule has 2 heteroatoms. The fourth-order valence-corrected chi connectivity index (χ4v) is 2.29. The average molecular weight is 225 g/mol. The zero-order valence-electron chi connectivity index (χ0n) is 10.6. The summed E-state index contributed by atoms with van der Waals surface area (Å²) < 4.78 is 0. The Bertz CT molecular complexity index is 162. The molecule has 0 aromatic heterocycles. The fourth-order valence-electron chi connectivity index (χ4n) is 2.29. The molecule has 0 bridgehead atoms. The molecule has 1 aliphatic rings. The SMILES string of the molecule is O=C1CCCCCCCCCCCNCC1. The Morgan fingerprint density at radius 3 is 1.88 bits per heavy atom. The van der Waals surface area contributed by atoms with Gasteiger partial charge in [-0.2, -0.15) is 0 Å². The van der Waals surface area contributed by atoms with E-state index in [-0.39, 0.29) is 0 Å². The van der Waals surface area contributed by atoms with E-state index in [9.17, 15) is 4.79 Å². The quantitative estimate of drug-likeness (QED) is 0.684. The summed E-state index contributed by atoms with van der Waals surface area (Å²) in [5.41, 5.74) is 0. The molecule has 2 nitrogen and oxygen atoms in total. The predicted molar refractivity (Wildman–Crippen MR) is 68.7 cm³/mol. The van der Waals surface area contributed by atoms with Crippen LogP contribution in [-0.4, -0.2) is 18.9 Å². The van der Waals surface area contributed by atoms with E-state index in [1.54, 1.807) is 0 Å². The molecule has 0 amide bonds. The number of Topliss-reactive ketones (excluding diaryl/α,β-unsaturated/α-hetero) is 1. The molecule has 1 aliphatic heterocycles. The van der Waals surface area contributed by atoms with Crippen LogP contribution in [0.4, 0.5) is 0 Å². The van der Waals surface area contributed by atoms with Gasteiger partial charge in [-0.05, 0) is 19.4 Å². The van der Waals surface area contributed by atoms with Gasteiger partial charge in [0.2, 0.25) is 0 Å². The highest BCUT2D eigenvalue weighted by molar-refractivity contribution is 5.78. The monoisotopic (exact) mass is 225 g/mol. The van der Waals surface area contributed by atoms with Gasteiger partial charge in [-0.3, -0.25) is 4.79 Å². The Morgan fingerprint density at radius 1 is 0.625 bits per heavy atom. The number of hydrogen-bond donors (Lipinski definition) is 1. The highest BCUT2D eigenvalue weighted by atomic mass is 16.1. The van der Waals surface area contributed by atoms with Crippen LogP contribution in [-0.2, 0) is 4.79 Å². The van der Waals surface area contributed by atoms with Crippen molar-refractivity contribution < 1.29 is 4.79 Å². The molecule has 0 radical (unpaired) electrons. The molecule has 16 heavy (non-hydrogen) atoms. The van der Waals surface area contributed by atoms with Gasteiger partial charge in [0.1, 0.15) is 5.78 Å². The highest BCUT2D eigenvalue weighted by Gasteiger charge is 2.02. The summed E-state index contributed by atoms with van der Waals surface area (Å²) in [4.78, 5) is 11.5. The van der Waals surface area contributed by atoms with Crippen LogP contribution in [0.2, 0.25) is 0 Å². The van der Waals surface area contributed by atoms with Crippen molar-refractivity contribution >= 4 is 5.78 Å². The average Bonchev–Trinajstić information content (AvgIpc) is 2.29. The molecular weight excluding hydrogens is 198 g/mol. The van der Waals surface area contributed by atoms with Gasteiger partial charge in [0, 0.05) is 19.4 Å². The smallest absolute Gasteiger partial charge is 0.134 e. The van der Waals surface area contributed by atoms with E-state index in [1.165, 1.54) is 51.4 Å². The third-order valence-corrected chi connectivity index (χ3v) is 3.39. The summed E-state index contributed by atoms with van der Waals surface area (Å²) >= 11 is 0. The molecule has 1 fully saturated rings. The maximum Gasteiger partial charge on any atom is 0.134 e. The van der Waals surface area contributed by atoms with Crippen LogP contribution in [0.25, 0.3) is 0 Å². The number of hydrogen-bond acceptors (Lipinski definition) is 2. The lowest BCUT2D eigenvalue weighted by molar-refractivity contribution is -0.119. The Kier molecular flexibility index (Phi) is 8.41.